The van der Waals surface area contributed by atoms with Crippen LogP contribution in [0.3, 0.4) is 0 Å². The molecule has 1 aromatic carbocycles. The summed E-state index contributed by atoms with van der Waals surface area (Å²) < 4.78 is 16.7. The molecular formula is C15H24BrNO3. The minimum Gasteiger partial charge on any atom is -0.496 e. The van der Waals surface area contributed by atoms with Crippen molar-refractivity contribution in [3.05, 3.63) is 28.2 Å². The molecule has 1 rings (SSSR count). The molecule has 5 heteroatoms. The maximum Gasteiger partial charge on any atom is 0.133 e. The number of likely N-dealkylation sites (N-methyl/N-ethyl adjacent to an activating group) is 1. The molecule has 0 amide bonds. The number of benzene rings is 1. The molecule has 0 fully saturated rings. The highest BCUT2D eigenvalue weighted by Crippen LogP contribution is 2.26. The highest BCUT2D eigenvalue weighted by molar-refractivity contribution is 9.10. The van der Waals surface area contributed by atoms with Crippen LogP contribution in [-0.2, 0) is 15.9 Å². The Bertz CT molecular complexity index is 387. The van der Waals surface area contributed by atoms with Crippen LogP contribution in [0.25, 0.3) is 0 Å². The Morgan fingerprint density at radius 1 is 1.20 bits per heavy atom. The summed E-state index contributed by atoms with van der Waals surface area (Å²) in [5.41, 5.74) is 1.27. The van der Waals surface area contributed by atoms with Gasteiger partial charge in [0.2, 0.25) is 0 Å². The van der Waals surface area contributed by atoms with E-state index in [0.29, 0.717) is 19.3 Å². The fourth-order valence-electron chi connectivity index (χ4n) is 1.94. The number of rotatable bonds is 10. The number of halogens is 1. The van der Waals surface area contributed by atoms with E-state index in [9.17, 15) is 0 Å². The van der Waals surface area contributed by atoms with Gasteiger partial charge in [-0.15, -0.1) is 0 Å². The van der Waals surface area contributed by atoms with E-state index in [1.54, 1.807) is 14.2 Å². The molecule has 0 aliphatic rings. The van der Waals surface area contributed by atoms with Gasteiger partial charge >= 0.3 is 0 Å². The smallest absolute Gasteiger partial charge is 0.133 e. The average Bonchev–Trinajstić information content (AvgIpc) is 2.46. The summed E-state index contributed by atoms with van der Waals surface area (Å²) in [6, 6.07) is 6.59. The van der Waals surface area contributed by atoms with Crippen molar-refractivity contribution in [1.29, 1.82) is 0 Å². The molecule has 1 atom stereocenters. The lowest BCUT2D eigenvalue weighted by Gasteiger charge is -2.17. The van der Waals surface area contributed by atoms with Gasteiger partial charge < -0.3 is 19.5 Å². The highest BCUT2D eigenvalue weighted by Gasteiger charge is 2.09. The van der Waals surface area contributed by atoms with Crippen LogP contribution >= 0.6 is 15.9 Å². The zero-order chi connectivity index (χ0) is 14.8. The Balaban J connectivity index is 2.41. The molecule has 4 nitrogen and oxygen atoms in total. The topological polar surface area (TPSA) is 39.7 Å². The van der Waals surface area contributed by atoms with Crippen molar-refractivity contribution >= 4 is 15.9 Å². The molecule has 0 radical (unpaired) electrons. The molecule has 0 aromatic heterocycles. The summed E-state index contributed by atoms with van der Waals surface area (Å²) in [7, 11) is 5.34. The number of hydrogen-bond donors (Lipinski definition) is 1. The molecule has 20 heavy (non-hydrogen) atoms. The molecule has 0 bridgehead atoms. The summed E-state index contributed by atoms with van der Waals surface area (Å²) >= 11 is 3.52. The Labute approximate surface area is 129 Å². The zero-order valence-corrected chi connectivity index (χ0v) is 14.0. The normalized spacial score (nSPS) is 12.4. The molecule has 0 saturated carbocycles. The van der Waals surface area contributed by atoms with Crippen LogP contribution in [0.15, 0.2) is 22.7 Å². The fraction of sp³-hybridized carbons (Fsp3) is 0.600. The maximum absolute atomic E-state index is 5.51. The van der Waals surface area contributed by atoms with Crippen molar-refractivity contribution in [2.45, 2.75) is 18.9 Å². The van der Waals surface area contributed by atoms with Crippen molar-refractivity contribution < 1.29 is 14.2 Å². The summed E-state index contributed by atoms with van der Waals surface area (Å²) in [6.45, 7) is 2.04. The van der Waals surface area contributed by atoms with E-state index in [1.807, 2.05) is 13.1 Å². The van der Waals surface area contributed by atoms with E-state index < -0.39 is 0 Å². The van der Waals surface area contributed by atoms with Crippen molar-refractivity contribution in [3.8, 4) is 5.75 Å². The first-order valence-electron chi connectivity index (χ1n) is 6.77. The largest absolute Gasteiger partial charge is 0.496 e. The van der Waals surface area contributed by atoms with Gasteiger partial charge in [-0.2, -0.15) is 0 Å². The number of ether oxygens (including phenoxy) is 3. The van der Waals surface area contributed by atoms with Crippen molar-refractivity contribution in [1.82, 2.24) is 5.32 Å². The standard InChI is InChI=1S/C15H24BrNO3/c1-17-13(6-7-20-9-8-18-2)10-12-4-5-15(19-3)14(16)11-12/h4-5,11,13,17H,6-10H2,1-3H3. The predicted molar refractivity (Wildman–Crippen MR) is 84.6 cm³/mol. The molecule has 1 N–H and O–H groups in total. The molecule has 0 spiro atoms. The van der Waals surface area contributed by atoms with E-state index in [0.717, 1.165) is 29.7 Å². The molecule has 0 aliphatic carbocycles. The number of methoxy groups -OCH3 is 2. The zero-order valence-electron chi connectivity index (χ0n) is 12.4. The predicted octanol–water partition coefficient (Wildman–Crippen LogP) is 2.64. The second-order valence-corrected chi connectivity index (χ2v) is 5.41. The van der Waals surface area contributed by atoms with Gasteiger partial charge in [0.05, 0.1) is 24.8 Å². The minimum absolute atomic E-state index is 0.401. The van der Waals surface area contributed by atoms with Crippen LogP contribution < -0.4 is 10.1 Å². The molecule has 0 heterocycles. The molecule has 0 aliphatic heterocycles. The van der Waals surface area contributed by atoms with Crippen LogP contribution in [0.1, 0.15) is 12.0 Å². The number of nitrogens with one attached hydrogen (secondary N) is 1. The van der Waals surface area contributed by atoms with Crippen molar-refractivity contribution in [2.75, 3.05) is 41.1 Å². The van der Waals surface area contributed by atoms with Gasteiger partial charge in [0, 0.05) is 19.8 Å². The van der Waals surface area contributed by atoms with E-state index in [2.05, 4.69) is 33.4 Å². The summed E-state index contributed by atoms with van der Waals surface area (Å²) in [6.07, 6.45) is 1.94. The van der Waals surface area contributed by atoms with Gasteiger partial charge in [0.1, 0.15) is 5.75 Å². The van der Waals surface area contributed by atoms with E-state index in [4.69, 9.17) is 14.2 Å². The summed E-state index contributed by atoms with van der Waals surface area (Å²) in [5, 5.41) is 3.33. The average molecular weight is 346 g/mol. The van der Waals surface area contributed by atoms with E-state index in [-0.39, 0.29) is 0 Å². The Kier molecular flexibility index (Phi) is 8.85. The third-order valence-corrected chi connectivity index (χ3v) is 3.77. The quantitative estimate of drug-likeness (QED) is 0.661. The van der Waals surface area contributed by atoms with Gasteiger partial charge in [-0.25, -0.2) is 0 Å². The molecule has 1 unspecified atom stereocenters. The van der Waals surface area contributed by atoms with Gasteiger partial charge in [-0.1, -0.05) is 6.07 Å². The Morgan fingerprint density at radius 2 is 2.00 bits per heavy atom. The van der Waals surface area contributed by atoms with Crippen LogP contribution in [0, 0.1) is 0 Å². The third-order valence-electron chi connectivity index (χ3n) is 3.15. The summed E-state index contributed by atoms with van der Waals surface area (Å²) in [4.78, 5) is 0. The van der Waals surface area contributed by atoms with E-state index >= 15 is 0 Å². The molecular weight excluding hydrogens is 322 g/mol. The minimum atomic E-state index is 0.401. The molecule has 0 saturated heterocycles. The fourth-order valence-corrected chi connectivity index (χ4v) is 2.53. The Hall–Kier alpha value is -0.620. The maximum atomic E-state index is 5.51. The van der Waals surface area contributed by atoms with Gasteiger partial charge in [-0.3, -0.25) is 0 Å². The lowest BCUT2D eigenvalue weighted by Crippen LogP contribution is -2.29. The number of hydrogen-bond acceptors (Lipinski definition) is 4. The molecule has 114 valence electrons. The lowest BCUT2D eigenvalue weighted by atomic mass is 10.0. The monoisotopic (exact) mass is 345 g/mol. The molecule has 1 aromatic rings. The second kappa shape index (κ2) is 10.2. The first-order valence-corrected chi connectivity index (χ1v) is 7.57. The first kappa shape index (κ1) is 17.4. The third kappa shape index (κ3) is 6.22. The van der Waals surface area contributed by atoms with Gasteiger partial charge in [0.25, 0.3) is 0 Å². The Morgan fingerprint density at radius 3 is 2.60 bits per heavy atom. The van der Waals surface area contributed by atoms with Crippen molar-refractivity contribution in [3.63, 3.8) is 0 Å². The first-order chi connectivity index (χ1) is 9.71. The van der Waals surface area contributed by atoms with E-state index in [1.165, 1.54) is 5.56 Å². The lowest BCUT2D eigenvalue weighted by molar-refractivity contribution is 0.0661. The SMILES string of the molecule is CNC(CCOCCOC)Cc1ccc(OC)c(Br)c1. The summed E-state index contributed by atoms with van der Waals surface area (Å²) in [5.74, 6) is 0.859. The van der Waals surface area contributed by atoms with Gasteiger partial charge in [0.15, 0.2) is 0 Å². The highest BCUT2D eigenvalue weighted by atomic mass is 79.9. The van der Waals surface area contributed by atoms with Crippen LogP contribution in [-0.4, -0.2) is 47.1 Å². The van der Waals surface area contributed by atoms with Crippen LogP contribution in [0.2, 0.25) is 0 Å². The van der Waals surface area contributed by atoms with Crippen LogP contribution in [0.5, 0.6) is 5.75 Å². The second-order valence-electron chi connectivity index (χ2n) is 4.55. The van der Waals surface area contributed by atoms with Crippen LogP contribution in [0.4, 0.5) is 0 Å². The van der Waals surface area contributed by atoms with Gasteiger partial charge in [-0.05, 0) is 53.5 Å². The van der Waals surface area contributed by atoms with Crippen molar-refractivity contribution in [2.24, 2.45) is 0 Å².